The second-order valence-corrected chi connectivity index (χ2v) is 7.58. The number of rotatable bonds is 7. The van der Waals surface area contributed by atoms with Gasteiger partial charge in [-0.05, 0) is 59.3 Å². The highest BCUT2D eigenvalue weighted by Crippen LogP contribution is 2.22. The van der Waals surface area contributed by atoms with Crippen LogP contribution in [0, 0.1) is 5.82 Å². The van der Waals surface area contributed by atoms with Gasteiger partial charge in [-0.3, -0.25) is 4.79 Å². The van der Waals surface area contributed by atoms with E-state index in [1.54, 1.807) is 28.4 Å². The molecule has 0 bridgehead atoms. The fraction of sp³-hybridized carbons (Fsp3) is 0.227. The van der Waals surface area contributed by atoms with Crippen molar-refractivity contribution in [3.05, 3.63) is 82.3 Å². The van der Waals surface area contributed by atoms with Gasteiger partial charge in [-0.2, -0.15) is 0 Å². The average Bonchev–Trinajstić information content (AvgIpc) is 3.18. The van der Waals surface area contributed by atoms with Gasteiger partial charge in [0.2, 0.25) is 0 Å². The molecule has 5 heteroatoms. The van der Waals surface area contributed by atoms with Crippen molar-refractivity contribution in [2.45, 2.75) is 26.3 Å². The molecule has 1 aromatic heterocycles. The van der Waals surface area contributed by atoms with E-state index in [2.05, 4.69) is 13.8 Å². The Bertz CT molecular complexity index is 858. The summed E-state index contributed by atoms with van der Waals surface area (Å²) in [5, 5.41) is 1.97. The molecular weight excluding hydrogens is 361 g/mol. The quantitative estimate of drug-likeness (QED) is 0.530. The Labute approximate surface area is 163 Å². The number of amides is 1. The Morgan fingerprint density at radius 2 is 1.78 bits per heavy atom. The molecule has 1 amide bonds. The Hall–Kier alpha value is -2.66. The van der Waals surface area contributed by atoms with E-state index in [0.717, 1.165) is 4.88 Å². The van der Waals surface area contributed by atoms with E-state index in [9.17, 15) is 9.18 Å². The van der Waals surface area contributed by atoms with Crippen LogP contribution >= 0.6 is 11.3 Å². The molecule has 0 fully saturated rings. The predicted molar refractivity (Wildman–Crippen MR) is 108 cm³/mol. The van der Waals surface area contributed by atoms with Crippen molar-refractivity contribution in [2.75, 3.05) is 11.5 Å². The number of anilines is 1. The lowest BCUT2D eigenvalue weighted by atomic mass is 10.0. The van der Waals surface area contributed by atoms with Crippen LogP contribution in [-0.2, 0) is 11.3 Å². The SMILES string of the molecule is CC(C)c1ccc(OCC(=O)N(Cc2cccs2)c2ccc(F)cc2)cc1. The standard InChI is InChI=1S/C22H22FNO2S/c1-16(2)17-5-11-20(12-6-17)26-15-22(25)24(14-21-4-3-13-27-21)19-9-7-18(23)8-10-19/h3-13,16H,14-15H2,1-2H3. The Morgan fingerprint density at radius 1 is 1.07 bits per heavy atom. The van der Waals surface area contributed by atoms with Gasteiger partial charge in [-0.25, -0.2) is 4.39 Å². The highest BCUT2D eigenvalue weighted by molar-refractivity contribution is 7.09. The van der Waals surface area contributed by atoms with E-state index in [1.807, 2.05) is 41.8 Å². The zero-order valence-corrected chi connectivity index (χ0v) is 16.2. The Kier molecular flexibility index (Phi) is 6.24. The van der Waals surface area contributed by atoms with E-state index >= 15 is 0 Å². The molecular formula is C22H22FNO2S. The summed E-state index contributed by atoms with van der Waals surface area (Å²) >= 11 is 1.58. The zero-order chi connectivity index (χ0) is 19.2. The maximum Gasteiger partial charge on any atom is 0.265 e. The van der Waals surface area contributed by atoms with Gasteiger partial charge in [-0.15, -0.1) is 11.3 Å². The maximum atomic E-state index is 13.3. The summed E-state index contributed by atoms with van der Waals surface area (Å²) in [6.07, 6.45) is 0. The van der Waals surface area contributed by atoms with Crippen molar-refractivity contribution in [2.24, 2.45) is 0 Å². The molecule has 0 saturated carbocycles. The van der Waals surface area contributed by atoms with Gasteiger partial charge in [-0.1, -0.05) is 32.0 Å². The van der Waals surface area contributed by atoms with Crippen LogP contribution in [0.15, 0.2) is 66.0 Å². The molecule has 140 valence electrons. The summed E-state index contributed by atoms with van der Waals surface area (Å²) in [5.74, 6) is 0.593. The average molecular weight is 383 g/mol. The molecule has 1 heterocycles. The maximum absolute atomic E-state index is 13.3. The predicted octanol–water partition coefficient (Wildman–Crippen LogP) is 5.62. The first kappa shape index (κ1) is 19.1. The summed E-state index contributed by atoms with van der Waals surface area (Å²) in [6, 6.07) is 17.6. The van der Waals surface area contributed by atoms with Crippen LogP contribution in [0.25, 0.3) is 0 Å². The smallest absolute Gasteiger partial charge is 0.265 e. The molecule has 0 N–H and O–H groups in total. The molecule has 0 aliphatic heterocycles. The molecule has 0 aliphatic rings. The molecule has 0 aliphatic carbocycles. The normalized spacial score (nSPS) is 10.8. The van der Waals surface area contributed by atoms with Gasteiger partial charge < -0.3 is 9.64 Å². The second kappa shape index (κ2) is 8.82. The van der Waals surface area contributed by atoms with Crippen molar-refractivity contribution in [1.29, 1.82) is 0 Å². The van der Waals surface area contributed by atoms with Crippen LogP contribution in [-0.4, -0.2) is 12.5 Å². The number of benzene rings is 2. The summed E-state index contributed by atoms with van der Waals surface area (Å²) in [7, 11) is 0. The number of halogens is 1. The first-order valence-electron chi connectivity index (χ1n) is 8.84. The van der Waals surface area contributed by atoms with Crippen molar-refractivity contribution >= 4 is 22.9 Å². The first-order valence-corrected chi connectivity index (χ1v) is 9.72. The van der Waals surface area contributed by atoms with Gasteiger partial charge in [0.1, 0.15) is 11.6 Å². The van der Waals surface area contributed by atoms with Crippen LogP contribution in [0.2, 0.25) is 0 Å². The molecule has 27 heavy (non-hydrogen) atoms. The van der Waals surface area contributed by atoms with E-state index in [1.165, 1.54) is 17.7 Å². The summed E-state index contributed by atoms with van der Waals surface area (Å²) in [6.45, 7) is 4.61. The third-order valence-electron chi connectivity index (χ3n) is 4.24. The van der Waals surface area contributed by atoms with Crippen LogP contribution in [0.5, 0.6) is 5.75 Å². The van der Waals surface area contributed by atoms with Crippen molar-refractivity contribution in [1.82, 2.24) is 0 Å². The molecule has 0 radical (unpaired) electrons. The molecule has 3 nitrogen and oxygen atoms in total. The largest absolute Gasteiger partial charge is 0.484 e. The summed E-state index contributed by atoms with van der Waals surface area (Å²) in [4.78, 5) is 15.5. The summed E-state index contributed by atoms with van der Waals surface area (Å²) < 4.78 is 18.9. The third-order valence-corrected chi connectivity index (χ3v) is 5.10. The number of thiophene rings is 1. The monoisotopic (exact) mass is 383 g/mol. The molecule has 3 rings (SSSR count). The number of hydrogen-bond donors (Lipinski definition) is 0. The number of carbonyl (C=O) groups is 1. The lowest BCUT2D eigenvalue weighted by molar-refractivity contribution is -0.120. The van der Waals surface area contributed by atoms with Crippen molar-refractivity contribution in [3.63, 3.8) is 0 Å². The van der Waals surface area contributed by atoms with Gasteiger partial charge in [0.25, 0.3) is 5.91 Å². The lowest BCUT2D eigenvalue weighted by Gasteiger charge is -2.22. The minimum Gasteiger partial charge on any atom is -0.484 e. The van der Waals surface area contributed by atoms with Crippen LogP contribution in [0.1, 0.15) is 30.2 Å². The van der Waals surface area contributed by atoms with Crippen molar-refractivity contribution in [3.8, 4) is 5.75 Å². The molecule has 3 aromatic rings. The van der Waals surface area contributed by atoms with E-state index in [0.29, 0.717) is 23.9 Å². The molecule has 0 spiro atoms. The Balaban J connectivity index is 1.71. The third kappa shape index (κ3) is 5.17. The van der Waals surface area contributed by atoms with E-state index < -0.39 is 0 Å². The number of nitrogens with zero attached hydrogens (tertiary/aromatic N) is 1. The van der Waals surface area contributed by atoms with Gasteiger partial charge >= 0.3 is 0 Å². The topological polar surface area (TPSA) is 29.5 Å². The lowest BCUT2D eigenvalue weighted by Crippen LogP contribution is -2.34. The van der Waals surface area contributed by atoms with Crippen LogP contribution < -0.4 is 9.64 Å². The molecule has 2 aromatic carbocycles. The molecule has 0 saturated heterocycles. The van der Waals surface area contributed by atoms with Crippen LogP contribution in [0.3, 0.4) is 0 Å². The van der Waals surface area contributed by atoms with E-state index in [4.69, 9.17) is 4.74 Å². The fourth-order valence-corrected chi connectivity index (χ4v) is 3.37. The van der Waals surface area contributed by atoms with Gasteiger partial charge in [0, 0.05) is 10.6 Å². The number of hydrogen-bond acceptors (Lipinski definition) is 3. The minimum absolute atomic E-state index is 0.0796. The molecule has 0 unspecified atom stereocenters. The van der Waals surface area contributed by atoms with Gasteiger partial charge in [0.15, 0.2) is 6.61 Å². The number of carbonyl (C=O) groups excluding carboxylic acids is 1. The number of ether oxygens (including phenoxy) is 1. The molecule has 0 atom stereocenters. The highest BCUT2D eigenvalue weighted by Gasteiger charge is 2.18. The Morgan fingerprint density at radius 3 is 2.37 bits per heavy atom. The second-order valence-electron chi connectivity index (χ2n) is 6.55. The fourth-order valence-electron chi connectivity index (χ4n) is 2.67. The first-order chi connectivity index (χ1) is 13.0. The minimum atomic E-state index is -0.330. The summed E-state index contributed by atoms with van der Waals surface area (Å²) in [5.41, 5.74) is 1.87. The highest BCUT2D eigenvalue weighted by atomic mass is 32.1. The van der Waals surface area contributed by atoms with Crippen LogP contribution in [0.4, 0.5) is 10.1 Å². The van der Waals surface area contributed by atoms with Gasteiger partial charge in [0.05, 0.1) is 6.54 Å². The zero-order valence-electron chi connectivity index (χ0n) is 15.4. The van der Waals surface area contributed by atoms with Crippen molar-refractivity contribution < 1.29 is 13.9 Å². The van der Waals surface area contributed by atoms with E-state index in [-0.39, 0.29) is 18.3 Å².